The van der Waals surface area contributed by atoms with Crippen molar-refractivity contribution < 1.29 is 17.9 Å². The zero-order valence-electron chi connectivity index (χ0n) is 7.94. The smallest absolute Gasteiger partial charge is 0.416 e. The van der Waals surface area contributed by atoms with E-state index in [9.17, 15) is 13.2 Å². The van der Waals surface area contributed by atoms with Crippen molar-refractivity contribution in [2.24, 2.45) is 5.73 Å². The summed E-state index contributed by atoms with van der Waals surface area (Å²) in [6, 6.07) is 2.70. The minimum atomic E-state index is -4.44. The molecule has 1 aromatic carbocycles. The lowest BCUT2D eigenvalue weighted by atomic mass is 10.2. The first-order chi connectivity index (χ1) is 7.30. The summed E-state index contributed by atoms with van der Waals surface area (Å²) >= 11 is 5.58. The van der Waals surface area contributed by atoms with Gasteiger partial charge in [-0.2, -0.15) is 13.2 Å². The standard InChI is InChI=1S/C9H8ClF3N2O/c10-6-3-5(9(11,12)13)1-2-7(6)16-4-8(14)15/h1-3H,4H2,(H3,14,15). The molecule has 16 heavy (non-hydrogen) atoms. The van der Waals surface area contributed by atoms with E-state index in [-0.39, 0.29) is 23.2 Å². The summed E-state index contributed by atoms with van der Waals surface area (Å²) in [6.07, 6.45) is -4.44. The van der Waals surface area contributed by atoms with Crippen molar-refractivity contribution in [2.75, 3.05) is 6.61 Å². The van der Waals surface area contributed by atoms with E-state index >= 15 is 0 Å². The maximum absolute atomic E-state index is 12.3. The van der Waals surface area contributed by atoms with Crippen LogP contribution in [0.1, 0.15) is 5.56 Å². The van der Waals surface area contributed by atoms with Crippen LogP contribution in [0.3, 0.4) is 0 Å². The highest BCUT2D eigenvalue weighted by molar-refractivity contribution is 6.32. The molecule has 0 spiro atoms. The molecular formula is C9H8ClF3N2O. The lowest BCUT2D eigenvalue weighted by Crippen LogP contribution is -2.19. The molecule has 3 nitrogen and oxygen atoms in total. The molecule has 0 aliphatic carbocycles. The molecule has 0 aliphatic heterocycles. The summed E-state index contributed by atoms with van der Waals surface area (Å²) < 4.78 is 41.7. The van der Waals surface area contributed by atoms with Crippen LogP contribution in [0.25, 0.3) is 0 Å². The Morgan fingerprint density at radius 2 is 2.06 bits per heavy atom. The van der Waals surface area contributed by atoms with Gasteiger partial charge in [-0.05, 0) is 18.2 Å². The van der Waals surface area contributed by atoms with Gasteiger partial charge in [0.15, 0.2) is 0 Å². The van der Waals surface area contributed by atoms with Crippen molar-refractivity contribution >= 4 is 17.4 Å². The molecule has 0 saturated heterocycles. The Kier molecular flexibility index (Phi) is 3.64. The quantitative estimate of drug-likeness (QED) is 0.642. The molecular weight excluding hydrogens is 245 g/mol. The van der Waals surface area contributed by atoms with Crippen LogP contribution in [0.4, 0.5) is 13.2 Å². The van der Waals surface area contributed by atoms with Gasteiger partial charge in [0.05, 0.1) is 10.6 Å². The number of hydrogen-bond donors (Lipinski definition) is 2. The highest BCUT2D eigenvalue weighted by atomic mass is 35.5. The van der Waals surface area contributed by atoms with Gasteiger partial charge in [-0.25, -0.2) is 0 Å². The molecule has 0 radical (unpaired) electrons. The Labute approximate surface area is 94.5 Å². The summed E-state index contributed by atoms with van der Waals surface area (Å²) in [6.45, 7) is -0.217. The van der Waals surface area contributed by atoms with E-state index in [1.165, 1.54) is 0 Å². The number of ether oxygens (including phenoxy) is 1. The van der Waals surface area contributed by atoms with Crippen molar-refractivity contribution in [3.63, 3.8) is 0 Å². The lowest BCUT2D eigenvalue weighted by Gasteiger charge is -2.10. The third-order valence-corrected chi connectivity index (χ3v) is 1.94. The average Bonchev–Trinajstić information content (AvgIpc) is 2.14. The first-order valence-electron chi connectivity index (χ1n) is 4.13. The minimum Gasteiger partial charge on any atom is -0.484 e. The highest BCUT2D eigenvalue weighted by Gasteiger charge is 2.31. The zero-order valence-corrected chi connectivity index (χ0v) is 8.69. The van der Waals surface area contributed by atoms with Gasteiger partial charge < -0.3 is 10.5 Å². The number of nitrogens with one attached hydrogen (secondary N) is 1. The number of benzene rings is 1. The summed E-state index contributed by atoms with van der Waals surface area (Å²) in [5.41, 5.74) is 4.17. The highest BCUT2D eigenvalue weighted by Crippen LogP contribution is 2.34. The third-order valence-electron chi connectivity index (χ3n) is 1.64. The first kappa shape index (κ1) is 12.6. The minimum absolute atomic E-state index is 0.0601. The van der Waals surface area contributed by atoms with Crippen LogP contribution in [0.15, 0.2) is 18.2 Å². The monoisotopic (exact) mass is 252 g/mol. The number of halogens is 4. The van der Waals surface area contributed by atoms with Crippen LogP contribution < -0.4 is 10.5 Å². The Morgan fingerprint density at radius 3 is 2.50 bits per heavy atom. The maximum atomic E-state index is 12.3. The number of nitrogens with two attached hydrogens (primary N) is 1. The van der Waals surface area contributed by atoms with E-state index in [1.807, 2.05) is 0 Å². The Morgan fingerprint density at radius 1 is 1.44 bits per heavy atom. The lowest BCUT2D eigenvalue weighted by molar-refractivity contribution is -0.137. The topological polar surface area (TPSA) is 59.1 Å². The van der Waals surface area contributed by atoms with E-state index in [4.69, 9.17) is 27.5 Å². The van der Waals surface area contributed by atoms with Crippen molar-refractivity contribution in [2.45, 2.75) is 6.18 Å². The fourth-order valence-corrected chi connectivity index (χ4v) is 1.18. The van der Waals surface area contributed by atoms with Gasteiger partial charge >= 0.3 is 6.18 Å². The van der Waals surface area contributed by atoms with Crippen LogP contribution in [0.5, 0.6) is 5.75 Å². The van der Waals surface area contributed by atoms with Gasteiger partial charge in [-0.1, -0.05) is 11.6 Å². The van der Waals surface area contributed by atoms with E-state index in [2.05, 4.69) is 0 Å². The molecule has 0 bridgehead atoms. The fraction of sp³-hybridized carbons (Fsp3) is 0.222. The van der Waals surface area contributed by atoms with Crippen molar-refractivity contribution in [3.8, 4) is 5.75 Å². The van der Waals surface area contributed by atoms with Crippen LogP contribution in [0.2, 0.25) is 5.02 Å². The van der Waals surface area contributed by atoms with E-state index in [1.54, 1.807) is 0 Å². The van der Waals surface area contributed by atoms with Crippen molar-refractivity contribution in [1.29, 1.82) is 5.41 Å². The van der Waals surface area contributed by atoms with Gasteiger partial charge in [0.25, 0.3) is 0 Å². The Bertz CT molecular complexity index is 406. The number of rotatable bonds is 3. The van der Waals surface area contributed by atoms with Crippen LogP contribution in [-0.2, 0) is 6.18 Å². The Hall–Kier alpha value is -1.43. The third kappa shape index (κ3) is 3.30. The molecule has 0 heterocycles. The second-order valence-corrected chi connectivity index (χ2v) is 3.36. The first-order valence-corrected chi connectivity index (χ1v) is 4.51. The summed E-state index contributed by atoms with van der Waals surface area (Å²) in [5.74, 6) is -0.180. The second-order valence-electron chi connectivity index (χ2n) is 2.96. The summed E-state index contributed by atoms with van der Waals surface area (Å²) in [7, 11) is 0. The number of alkyl halides is 3. The van der Waals surface area contributed by atoms with Crippen molar-refractivity contribution in [3.05, 3.63) is 28.8 Å². The molecule has 0 unspecified atom stereocenters. The largest absolute Gasteiger partial charge is 0.484 e. The molecule has 0 aliphatic rings. The molecule has 88 valence electrons. The molecule has 0 atom stereocenters. The van der Waals surface area contributed by atoms with Crippen molar-refractivity contribution in [1.82, 2.24) is 0 Å². The van der Waals surface area contributed by atoms with E-state index in [0.717, 1.165) is 18.2 Å². The van der Waals surface area contributed by atoms with Gasteiger partial charge in [-0.15, -0.1) is 0 Å². The molecule has 3 N–H and O–H groups in total. The predicted molar refractivity (Wildman–Crippen MR) is 53.9 cm³/mol. The van der Waals surface area contributed by atoms with Gasteiger partial charge in [0.2, 0.25) is 0 Å². The molecule has 0 fully saturated rings. The molecule has 7 heteroatoms. The predicted octanol–water partition coefficient (Wildman–Crippen LogP) is 2.67. The van der Waals surface area contributed by atoms with Gasteiger partial charge in [0, 0.05) is 0 Å². The molecule has 0 aromatic heterocycles. The van der Waals surface area contributed by atoms with Gasteiger partial charge in [-0.3, -0.25) is 5.41 Å². The Balaban J connectivity index is 2.88. The zero-order chi connectivity index (χ0) is 12.3. The molecule has 1 rings (SSSR count). The summed E-state index contributed by atoms with van der Waals surface area (Å²) in [4.78, 5) is 0. The van der Waals surface area contributed by atoms with Crippen LogP contribution in [0, 0.1) is 5.41 Å². The normalized spacial score (nSPS) is 11.2. The SMILES string of the molecule is N=C(N)COc1ccc(C(F)(F)F)cc1Cl. The van der Waals surface area contributed by atoms with E-state index in [0.29, 0.717) is 0 Å². The molecule has 0 amide bonds. The molecule has 1 aromatic rings. The maximum Gasteiger partial charge on any atom is 0.416 e. The van der Waals surface area contributed by atoms with Gasteiger partial charge in [0.1, 0.15) is 18.2 Å². The summed E-state index contributed by atoms with van der Waals surface area (Å²) in [5, 5.41) is 6.72. The second kappa shape index (κ2) is 4.61. The number of hydrogen-bond acceptors (Lipinski definition) is 2. The fourth-order valence-electron chi connectivity index (χ4n) is 0.950. The number of amidine groups is 1. The average molecular weight is 253 g/mol. The van der Waals surface area contributed by atoms with Crippen LogP contribution >= 0.6 is 11.6 Å². The van der Waals surface area contributed by atoms with E-state index < -0.39 is 11.7 Å². The molecule has 0 saturated carbocycles. The van der Waals surface area contributed by atoms with Crippen LogP contribution in [-0.4, -0.2) is 12.4 Å².